The maximum absolute atomic E-state index is 12.1. The molecule has 1 fully saturated rings. The molecule has 6 atom stereocenters. The number of carbonyl (C=O) groups excluding carboxylic acids is 1. The molecule has 1 aliphatic rings. The number of aromatic amines is 1. The highest BCUT2D eigenvalue weighted by Crippen LogP contribution is 2.46. The fourth-order valence-corrected chi connectivity index (χ4v) is 4.79. The quantitative estimate of drug-likeness (QED) is 0.157. The lowest BCUT2D eigenvalue weighted by atomic mass is 9.96. The van der Waals surface area contributed by atoms with Crippen LogP contribution < -0.4 is 11.3 Å². The Bertz CT molecular complexity index is 1140. The second-order valence-electron chi connectivity index (χ2n) is 7.82. The van der Waals surface area contributed by atoms with Crippen LogP contribution in [0.25, 0.3) is 11.2 Å². The topological polar surface area (TPSA) is 232 Å². The van der Waals surface area contributed by atoms with Crippen molar-refractivity contribution < 1.29 is 43.4 Å². The van der Waals surface area contributed by atoms with Gasteiger partial charge in [-0.05, 0) is 6.92 Å². The average Bonchev–Trinajstić information content (AvgIpc) is 3.27. The largest absolute Gasteiger partial charge is 0.472 e. The minimum atomic E-state index is -4.58. The Labute approximate surface area is 196 Å². The first-order chi connectivity index (χ1) is 15.9. The molecule has 1 aliphatic heterocycles. The fourth-order valence-electron chi connectivity index (χ4n) is 3.21. The van der Waals surface area contributed by atoms with Crippen molar-refractivity contribution in [3.8, 4) is 0 Å². The molecule has 2 aromatic heterocycles. The van der Waals surface area contributed by atoms with Gasteiger partial charge in [0, 0.05) is 11.7 Å². The molecule has 34 heavy (non-hydrogen) atoms. The van der Waals surface area contributed by atoms with Crippen molar-refractivity contribution in [3.63, 3.8) is 0 Å². The van der Waals surface area contributed by atoms with Crippen molar-refractivity contribution in [2.45, 2.75) is 37.9 Å². The minimum Gasteiger partial charge on any atom is -0.396 e. The van der Waals surface area contributed by atoms with Gasteiger partial charge in [0.25, 0.3) is 5.56 Å². The van der Waals surface area contributed by atoms with Gasteiger partial charge in [0.15, 0.2) is 22.5 Å². The molecule has 0 aromatic carbocycles. The lowest BCUT2D eigenvalue weighted by Crippen LogP contribution is -2.44. The van der Waals surface area contributed by atoms with Gasteiger partial charge >= 0.3 is 7.82 Å². The first kappa shape index (κ1) is 26.7. The smallest absolute Gasteiger partial charge is 0.396 e. The predicted octanol–water partition coefficient (Wildman–Crippen LogP) is -1.27. The molecule has 0 saturated carbocycles. The molecule has 190 valence electrons. The lowest BCUT2D eigenvalue weighted by molar-refractivity contribution is -0.114. The molecular weight excluding hydrogens is 497 g/mol. The molecule has 2 aromatic rings. The molecule has 6 unspecified atom stereocenters. The van der Waals surface area contributed by atoms with E-state index in [9.17, 15) is 29.3 Å². The van der Waals surface area contributed by atoms with Gasteiger partial charge in [0.1, 0.15) is 17.8 Å². The molecule has 3 rings (SSSR count). The number of ether oxygens (including phenoxy) is 1. The second kappa shape index (κ2) is 10.4. The van der Waals surface area contributed by atoms with Gasteiger partial charge in [-0.3, -0.25) is 28.2 Å². The number of imidazole rings is 1. The Balaban J connectivity index is 1.62. The number of rotatable bonds is 10. The van der Waals surface area contributed by atoms with Crippen LogP contribution in [-0.4, -0.2) is 88.2 Å². The Hall–Kier alpha value is -1.88. The van der Waals surface area contributed by atoms with Crippen LogP contribution in [0.3, 0.4) is 0 Å². The third kappa shape index (κ3) is 5.67. The van der Waals surface area contributed by atoms with Crippen LogP contribution in [-0.2, 0) is 23.1 Å². The zero-order valence-electron chi connectivity index (χ0n) is 18.2. The third-order valence-corrected chi connectivity index (χ3v) is 7.16. The van der Waals surface area contributed by atoms with Gasteiger partial charge < -0.3 is 30.7 Å². The summed E-state index contributed by atoms with van der Waals surface area (Å²) in [6, 6.07) is 0. The van der Waals surface area contributed by atoms with Crippen molar-refractivity contribution in [3.05, 3.63) is 16.7 Å². The van der Waals surface area contributed by atoms with Gasteiger partial charge in [-0.1, -0.05) is 18.7 Å². The monoisotopic (exact) mass is 523 g/mol. The van der Waals surface area contributed by atoms with Crippen molar-refractivity contribution >= 4 is 41.8 Å². The van der Waals surface area contributed by atoms with E-state index in [1.165, 1.54) is 17.8 Å². The van der Waals surface area contributed by atoms with Crippen LogP contribution in [0.5, 0.6) is 0 Å². The molecule has 3 heterocycles. The highest BCUT2D eigenvalue weighted by Gasteiger charge is 2.54. The lowest BCUT2D eigenvalue weighted by Gasteiger charge is -2.27. The summed E-state index contributed by atoms with van der Waals surface area (Å²) in [6.07, 6.45) is -2.94. The summed E-state index contributed by atoms with van der Waals surface area (Å²) in [7, 11) is -4.58. The molecule has 0 bridgehead atoms. The number of phosphoric ester groups is 1. The Morgan fingerprint density at radius 1 is 1.50 bits per heavy atom. The van der Waals surface area contributed by atoms with Crippen LogP contribution in [0.4, 0.5) is 5.95 Å². The summed E-state index contributed by atoms with van der Waals surface area (Å²) < 4.78 is 28.7. The third-order valence-electron chi connectivity index (χ3n) is 5.12. The Kier molecular flexibility index (Phi) is 8.17. The number of nitrogens with one attached hydrogen (secondary N) is 1. The summed E-state index contributed by atoms with van der Waals surface area (Å²) in [4.78, 5) is 43.7. The number of fused-ring (bicyclic) bond motifs is 1. The number of hydrogen-bond donors (Lipinski definition) is 6. The number of H-pyrrole nitrogens is 1. The number of aliphatic hydroxyl groups is 3. The Morgan fingerprint density at radius 2 is 2.21 bits per heavy atom. The van der Waals surface area contributed by atoms with E-state index >= 15 is 0 Å². The summed E-state index contributed by atoms with van der Waals surface area (Å²) in [6.45, 7) is 1.58. The number of anilines is 1. The maximum atomic E-state index is 12.1. The molecule has 0 aliphatic carbocycles. The van der Waals surface area contributed by atoms with Gasteiger partial charge in [-0.15, -0.1) is 0 Å². The number of carbonyl (C=O) groups is 1. The zero-order valence-corrected chi connectivity index (χ0v) is 19.9. The van der Waals surface area contributed by atoms with E-state index in [2.05, 4.69) is 15.0 Å². The number of hydrogen-bond acceptors (Lipinski definition) is 13. The molecule has 0 spiro atoms. The predicted molar refractivity (Wildman–Crippen MR) is 119 cm³/mol. The molecule has 0 amide bonds. The number of nitrogens with zero attached hydrogens (tertiary/aromatic N) is 3. The van der Waals surface area contributed by atoms with Crippen molar-refractivity contribution in [1.29, 1.82) is 0 Å². The molecule has 15 nitrogen and oxygen atoms in total. The van der Waals surface area contributed by atoms with Crippen LogP contribution in [0.15, 0.2) is 11.1 Å². The highest BCUT2D eigenvalue weighted by atomic mass is 32.2. The summed E-state index contributed by atoms with van der Waals surface area (Å²) in [5, 5.41) is 30.0. The van der Waals surface area contributed by atoms with Gasteiger partial charge in [0.05, 0.1) is 26.1 Å². The van der Waals surface area contributed by atoms with E-state index in [-0.39, 0.29) is 41.2 Å². The average molecular weight is 523 g/mol. The molecule has 0 radical (unpaired) electrons. The van der Waals surface area contributed by atoms with E-state index in [0.717, 1.165) is 11.8 Å². The fraction of sp³-hybridized carbons (Fsp3) is 0.647. The minimum absolute atomic E-state index is 0.000907. The second-order valence-corrected chi connectivity index (χ2v) is 10.4. The van der Waals surface area contributed by atoms with Crippen molar-refractivity contribution in [2.75, 3.05) is 31.3 Å². The number of thioether (sulfide) groups is 1. The first-order valence-electron chi connectivity index (χ1n) is 10.0. The van der Waals surface area contributed by atoms with E-state index < -0.39 is 49.9 Å². The summed E-state index contributed by atoms with van der Waals surface area (Å²) >= 11 is 0.838. The number of nitrogens with two attached hydrogens (primary N) is 1. The van der Waals surface area contributed by atoms with Crippen LogP contribution in [0.1, 0.15) is 20.1 Å². The van der Waals surface area contributed by atoms with Crippen LogP contribution >= 0.6 is 19.6 Å². The summed E-state index contributed by atoms with van der Waals surface area (Å²) in [5.74, 6) is -0.706. The molecule has 7 N–H and O–H groups in total. The van der Waals surface area contributed by atoms with Gasteiger partial charge in [0.2, 0.25) is 5.95 Å². The molecule has 17 heteroatoms. The molecular formula is C17H26N5O10PS. The van der Waals surface area contributed by atoms with Crippen LogP contribution in [0.2, 0.25) is 0 Å². The summed E-state index contributed by atoms with van der Waals surface area (Å²) in [5.41, 5.74) is 2.97. The van der Waals surface area contributed by atoms with E-state index in [0.29, 0.717) is 0 Å². The number of phosphoric acid groups is 1. The van der Waals surface area contributed by atoms with E-state index in [4.69, 9.17) is 24.6 Å². The van der Waals surface area contributed by atoms with Crippen LogP contribution in [0, 0.1) is 5.92 Å². The Morgan fingerprint density at radius 3 is 2.88 bits per heavy atom. The standard InChI is InChI=1S/C17H26N5O10PS/c1-8(5-23)14(26)34-4-3-30-33(28,29)31-6-9-11(24)17(2,27)15(32-9)22-7-19-10-12(22)20-16(18)21-13(10)25/h7-9,11,15,23-24,27H,3-6H2,1-2H3,(H,28,29)(H3,18,20,21,25). The van der Waals surface area contributed by atoms with Crippen molar-refractivity contribution in [2.24, 2.45) is 5.92 Å². The number of aromatic nitrogens is 4. The zero-order chi connectivity index (χ0) is 25.3. The molecule has 1 saturated heterocycles. The SMILES string of the molecule is CC(CO)C(=O)SCCOP(=O)(O)OCC1OC(n2cnc3c(=O)[nH]c(N)nc32)C(C)(O)C1O. The van der Waals surface area contributed by atoms with E-state index in [1.54, 1.807) is 6.92 Å². The number of aliphatic hydroxyl groups excluding tert-OH is 2. The van der Waals surface area contributed by atoms with Gasteiger partial charge in [-0.25, -0.2) is 9.55 Å². The van der Waals surface area contributed by atoms with E-state index in [1.807, 2.05) is 0 Å². The number of nitrogen functional groups attached to an aromatic ring is 1. The van der Waals surface area contributed by atoms with Gasteiger partial charge in [-0.2, -0.15) is 4.98 Å². The normalized spacial score (nSPS) is 27.6. The first-order valence-corrected chi connectivity index (χ1v) is 12.5. The maximum Gasteiger partial charge on any atom is 0.472 e. The van der Waals surface area contributed by atoms with Crippen molar-refractivity contribution in [1.82, 2.24) is 19.5 Å². The highest BCUT2D eigenvalue weighted by molar-refractivity contribution is 8.13.